The Morgan fingerprint density at radius 1 is 1.22 bits per heavy atom. The fraction of sp³-hybridized carbons (Fsp3) is 0.682. The highest BCUT2D eigenvalue weighted by atomic mass is 19.1. The largest absolute Gasteiger partial charge is 0.378 e. The topological polar surface area (TPSA) is 32.8 Å². The highest BCUT2D eigenvalue weighted by molar-refractivity contribution is 5.96. The third-order valence-corrected chi connectivity index (χ3v) is 5.72. The smallest absolute Gasteiger partial charge is 0.227 e. The maximum absolute atomic E-state index is 13.9. The molecule has 4 nitrogen and oxygen atoms in total. The van der Waals surface area contributed by atoms with Crippen LogP contribution >= 0.6 is 0 Å². The van der Waals surface area contributed by atoms with Gasteiger partial charge in [0.1, 0.15) is 5.82 Å². The van der Waals surface area contributed by atoms with Crippen LogP contribution in [-0.2, 0) is 16.0 Å². The van der Waals surface area contributed by atoms with Gasteiger partial charge in [0, 0.05) is 44.9 Å². The van der Waals surface area contributed by atoms with E-state index in [0.717, 1.165) is 56.8 Å². The molecule has 150 valence electrons. The number of halogens is 1. The van der Waals surface area contributed by atoms with Crippen molar-refractivity contribution in [3.05, 3.63) is 29.1 Å². The van der Waals surface area contributed by atoms with Gasteiger partial charge < -0.3 is 14.5 Å². The first-order valence-corrected chi connectivity index (χ1v) is 10.4. The third-order valence-electron chi connectivity index (χ3n) is 5.72. The molecule has 1 aromatic carbocycles. The summed E-state index contributed by atoms with van der Waals surface area (Å²) in [6.07, 6.45) is 4.79. The summed E-state index contributed by atoms with van der Waals surface area (Å²) in [5.74, 6) is 0.356. The van der Waals surface area contributed by atoms with Gasteiger partial charge in [0.15, 0.2) is 0 Å². The number of carbonyl (C=O) groups is 1. The molecule has 2 aliphatic heterocycles. The SMILES string of the molecule is CCCOC1CCN(C[C@@H](C)CN2C(=O)CCc3cc(F)c(C)cc32)CC1. The summed E-state index contributed by atoms with van der Waals surface area (Å²) >= 11 is 0. The molecule has 0 radical (unpaired) electrons. The third kappa shape index (κ3) is 5.08. The lowest BCUT2D eigenvalue weighted by molar-refractivity contribution is -0.119. The van der Waals surface area contributed by atoms with Gasteiger partial charge >= 0.3 is 0 Å². The number of aryl methyl sites for hydroxylation is 2. The van der Waals surface area contributed by atoms with Crippen LogP contribution in [0.25, 0.3) is 0 Å². The number of hydrogen-bond donors (Lipinski definition) is 0. The minimum atomic E-state index is -0.177. The molecule has 2 heterocycles. The Kier molecular flexibility index (Phi) is 6.88. The van der Waals surface area contributed by atoms with Gasteiger partial charge in [-0.1, -0.05) is 13.8 Å². The monoisotopic (exact) mass is 376 g/mol. The van der Waals surface area contributed by atoms with Gasteiger partial charge in [0.25, 0.3) is 0 Å². The van der Waals surface area contributed by atoms with E-state index in [-0.39, 0.29) is 11.7 Å². The molecule has 1 fully saturated rings. The van der Waals surface area contributed by atoms with Crippen LogP contribution < -0.4 is 4.90 Å². The fourth-order valence-corrected chi connectivity index (χ4v) is 4.22. The van der Waals surface area contributed by atoms with E-state index in [1.807, 2.05) is 11.0 Å². The molecule has 27 heavy (non-hydrogen) atoms. The minimum absolute atomic E-state index is 0.159. The second-order valence-corrected chi connectivity index (χ2v) is 8.21. The van der Waals surface area contributed by atoms with E-state index in [1.165, 1.54) is 0 Å². The number of fused-ring (bicyclic) bond motifs is 1. The highest BCUT2D eigenvalue weighted by Gasteiger charge is 2.28. The van der Waals surface area contributed by atoms with Crippen molar-refractivity contribution in [1.29, 1.82) is 0 Å². The molecule has 0 unspecified atom stereocenters. The summed E-state index contributed by atoms with van der Waals surface area (Å²) in [4.78, 5) is 16.9. The van der Waals surface area contributed by atoms with Gasteiger partial charge in [-0.2, -0.15) is 0 Å². The molecular weight excluding hydrogens is 343 g/mol. The van der Waals surface area contributed by atoms with Crippen molar-refractivity contribution in [2.24, 2.45) is 5.92 Å². The number of nitrogens with zero attached hydrogens (tertiary/aromatic N) is 2. The summed E-state index contributed by atoms with van der Waals surface area (Å²) in [7, 11) is 0. The maximum atomic E-state index is 13.9. The van der Waals surface area contributed by atoms with Gasteiger partial charge in [-0.15, -0.1) is 0 Å². The normalized spacial score (nSPS) is 20.0. The quantitative estimate of drug-likeness (QED) is 0.723. The summed E-state index contributed by atoms with van der Waals surface area (Å²) in [5, 5.41) is 0. The summed E-state index contributed by atoms with van der Waals surface area (Å²) in [5.41, 5.74) is 2.47. The van der Waals surface area contributed by atoms with E-state index in [1.54, 1.807) is 13.0 Å². The molecule has 1 aromatic rings. The number of anilines is 1. The van der Waals surface area contributed by atoms with Crippen molar-refractivity contribution >= 4 is 11.6 Å². The molecule has 1 saturated heterocycles. The molecule has 1 amide bonds. The first-order chi connectivity index (χ1) is 13.0. The van der Waals surface area contributed by atoms with Crippen LogP contribution in [0.2, 0.25) is 0 Å². The average Bonchev–Trinajstić information content (AvgIpc) is 2.65. The fourth-order valence-electron chi connectivity index (χ4n) is 4.22. The van der Waals surface area contributed by atoms with Crippen molar-refractivity contribution in [1.82, 2.24) is 4.90 Å². The van der Waals surface area contributed by atoms with Crippen molar-refractivity contribution in [3.63, 3.8) is 0 Å². The van der Waals surface area contributed by atoms with E-state index < -0.39 is 0 Å². The van der Waals surface area contributed by atoms with Crippen molar-refractivity contribution in [3.8, 4) is 0 Å². The van der Waals surface area contributed by atoms with Crippen LogP contribution in [0.1, 0.15) is 50.7 Å². The van der Waals surface area contributed by atoms with E-state index in [4.69, 9.17) is 4.74 Å². The van der Waals surface area contributed by atoms with Gasteiger partial charge in [0.05, 0.1) is 6.10 Å². The van der Waals surface area contributed by atoms with Gasteiger partial charge in [-0.3, -0.25) is 4.79 Å². The molecule has 3 rings (SSSR count). The lowest BCUT2D eigenvalue weighted by Crippen LogP contribution is -2.44. The van der Waals surface area contributed by atoms with E-state index in [0.29, 0.717) is 37.0 Å². The van der Waals surface area contributed by atoms with Crippen molar-refractivity contribution in [2.45, 2.75) is 59.0 Å². The minimum Gasteiger partial charge on any atom is -0.378 e. The molecule has 0 aliphatic carbocycles. The molecule has 2 aliphatic rings. The van der Waals surface area contributed by atoms with Gasteiger partial charge in [-0.05, 0) is 61.8 Å². The molecule has 0 bridgehead atoms. The molecule has 5 heteroatoms. The van der Waals surface area contributed by atoms with Crippen molar-refractivity contribution < 1.29 is 13.9 Å². The first kappa shape index (κ1) is 20.3. The number of benzene rings is 1. The van der Waals surface area contributed by atoms with E-state index in [9.17, 15) is 9.18 Å². The maximum Gasteiger partial charge on any atom is 0.227 e. The lowest BCUT2D eigenvalue weighted by atomic mass is 9.97. The van der Waals surface area contributed by atoms with Crippen LogP contribution in [0.4, 0.5) is 10.1 Å². The predicted molar refractivity (Wildman–Crippen MR) is 107 cm³/mol. The van der Waals surface area contributed by atoms with E-state index in [2.05, 4.69) is 18.7 Å². The van der Waals surface area contributed by atoms with Crippen LogP contribution in [-0.4, -0.2) is 49.7 Å². The van der Waals surface area contributed by atoms with Crippen LogP contribution in [0.5, 0.6) is 0 Å². The predicted octanol–water partition coefficient (Wildman–Crippen LogP) is 3.94. The number of hydrogen-bond acceptors (Lipinski definition) is 3. The van der Waals surface area contributed by atoms with Crippen LogP contribution in [0.15, 0.2) is 12.1 Å². The van der Waals surface area contributed by atoms with Gasteiger partial charge in [0.2, 0.25) is 5.91 Å². The van der Waals surface area contributed by atoms with Crippen molar-refractivity contribution in [2.75, 3.05) is 37.7 Å². The lowest BCUT2D eigenvalue weighted by Gasteiger charge is -2.36. The standard InChI is InChI=1S/C22H33FN2O2/c1-4-11-27-19-7-9-24(10-8-19)14-16(2)15-25-21-12-17(3)20(23)13-18(21)5-6-22(25)26/h12-13,16,19H,4-11,14-15H2,1-3H3/t16-/m1/s1. The molecule has 0 spiro atoms. The molecule has 0 aromatic heterocycles. The van der Waals surface area contributed by atoms with E-state index >= 15 is 0 Å². The highest BCUT2D eigenvalue weighted by Crippen LogP contribution is 2.31. The Morgan fingerprint density at radius 2 is 1.96 bits per heavy atom. The molecule has 0 saturated carbocycles. The Labute approximate surface area is 162 Å². The zero-order valence-corrected chi connectivity index (χ0v) is 17.0. The van der Waals surface area contributed by atoms with Gasteiger partial charge in [-0.25, -0.2) is 4.39 Å². The summed E-state index contributed by atoms with van der Waals surface area (Å²) in [6, 6.07) is 3.45. The molecular formula is C22H33FN2O2. The average molecular weight is 377 g/mol. The molecule has 1 atom stereocenters. The zero-order chi connectivity index (χ0) is 19.4. The van der Waals surface area contributed by atoms with Crippen LogP contribution in [0, 0.1) is 18.7 Å². The first-order valence-electron chi connectivity index (χ1n) is 10.4. The Balaban J connectivity index is 1.56. The number of amides is 1. The molecule has 0 N–H and O–H groups in total. The number of piperidine rings is 1. The number of ether oxygens (including phenoxy) is 1. The second-order valence-electron chi connectivity index (χ2n) is 8.21. The number of rotatable bonds is 7. The number of likely N-dealkylation sites (tertiary alicyclic amines) is 1. The van der Waals surface area contributed by atoms with Crippen LogP contribution in [0.3, 0.4) is 0 Å². The Hall–Kier alpha value is -1.46. The Morgan fingerprint density at radius 3 is 2.67 bits per heavy atom. The zero-order valence-electron chi connectivity index (χ0n) is 17.0. The second kappa shape index (κ2) is 9.16. The Bertz CT molecular complexity index is 656. The summed E-state index contributed by atoms with van der Waals surface area (Å²) in [6.45, 7) is 10.8. The number of carbonyl (C=O) groups excluding carboxylic acids is 1. The summed E-state index contributed by atoms with van der Waals surface area (Å²) < 4.78 is 19.8.